The van der Waals surface area contributed by atoms with E-state index in [9.17, 15) is 5.21 Å². The molecule has 0 fully saturated rings. The molecule has 0 atom stereocenters. The Hall–Kier alpha value is -1.25. The van der Waals surface area contributed by atoms with Gasteiger partial charge < -0.3 is 5.21 Å². The molecule has 0 aliphatic rings. The van der Waals surface area contributed by atoms with Crippen LogP contribution in [0.5, 0.6) is 0 Å². The predicted molar refractivity (Wildman–Crippen MR) is 38.2 cm³/mol. The fraction of sp³-hybridized carbons (Fsp3) is 0.286. The van der Waals surface area contributed by atoms with E-state index in [0.717, 1.165) is 16.8 Å². The van der Waals surface area contributed by atoms with Crippen LogP contribution in [0, 0.1) is 5.21 Å². The van der Waals surface area contributed by atoms with Crippen LogP contribution in [-0.2, 0) is 6.54 Å². The molecule has 0 bridgehead atoms. The van der Waals surface area contributed by atoms with Crippen LogP contribution in [0.25, 0.3) is 0 Å². The van der Waals surface area contributed by atoms with Crippen molar-refractivity contribution in [1.82, 2.24) is 4.57 Å². The molecule has 0 saturated carbocycles. The highest BCUT2D eigenvalue weighted by Crippen LogP contribution is 1.92. The van der Waals surface area contributed by atoms with Crippen LogP contribution in [0.1, 0.15) is 6.92 Å². The van der Waals surface area contributed by atoms with Gasteiger partial charge in [0.05, 0.1) is 0 Å². The Kier molecular flexibility index (Phi) is 1.76. The highest BCUT2D eigenvalue weighted by atomic mass is 16.5. The maximum atomic E-state index is 10.5. The summed E-state index contributed by atoms with van der Waals surface area (Å²) < 4.78 is 2.55. The second kappa shape index (κ2) is 2.56. The molecule has 3 heteroatoms. The minimum Gasteiger partial charge on any atom is -0.711 e. The number of allylic oxidation sites excluding steroid dienone is 1. The summed E-state index contributed by atoms with van der Waals surface area (Å²) in [6.07, 6.45) is 4.67. The molecule has 0 amide bonds. The summed E-state index contributed by atoms with van der Waals surface area (Å²) in [6, 6.07) is 0. The van der Waals surface area contributed by atoms with Crippen molar-refractivity contribution in [3.8, 4) is 0 Å². The van der Waals surface area contributed by atoms with Gasteiger partial charge in [0.1, 0.15) is 18.9 Å². The zero-order valence-electron chi connectivity index (χ0n) is 5.95. The molecule has 0 saturated heterocycles. The second-order valence-electron chi connectivity index (χ2n) is 2.40. The molecule has 0 N–H and O–H groups in total. The van der Waals surface area contributed by atoms with Crippen molar-refractivity contribution in [3.63, 3.8) is 0 Å². The summed E-state index contributed by atoms with van der Waals surface area (Å²) in [5, 5.41) is 10.5. The van der Waals surface area contributed by atoms with Gasteiger partial charge in [-0.25, -0.2) is 9.30 Å². The van der Waals surface area contributed by atoms with Crippen LogP contribution in [0.3, 0.4) is 0 Å². The third-order valence-electron chi connectivity index (χ3n) is 1.12. The molecule has 1 heterocycles. The van der Waals surface area contributed by atoms with Crippen molar-refractivity contribution in [2.75, 3.05) is 0 Å². The van der Waals surface area contributed by atoms with Gasteiger partial charge in [0.15, 0.2) is 0 Å². The highest BCUT2D eigenvalue weighted by molar-refractivity contribution is 4.89. The maximum Gasteiger partial charge on any atom is 0.247 e. The highest BCUT2D eigenvalue weighted by Gasteiger charge is 1.96. The van der Waals surface area contributed by atoms with Crippen molar-refractivity contribution >= 4 is 0 Å². The monoisotopic (exact) mass is 138 g/mol. The Labute approximate surface area is 59.8 Å². The third kappa shape index (κ3) is 1.62. The molecule has 1 aromatic rings. The van der Waals surface area contributed by atoms with Crippen LogP contribution in [-0.4, -0.2) is 4.57 Å². The van der Waals surface area contributed by atoms with Crippen molar-refractivity contribution in [1.29, 1.82) is 0 Å². The average molecular weight is 138 g/mol. The molecule has 0 aliphatic carbocycles. The number of nitrogens with zero attached hydrogens (tertiary/aromatic N) is 2. The summed E-state index contributed by atoms with van der Waals surface area (Å²) in [5.74, 6) is 0. The van der Waals surface area contributed by atoms with E-state index in [1.165, 1.54) is 12.5 Å². The topological polar surface area (TPSA) is 31.9 Å². The lowest BCUT2D eigenvalue weighted by Crippen LogP contribution is -2.21. The SMILES string of the molecule is C=C(C)Cn1cc[n+]([O-])c1. The fourth-order valence-electron chi connectivity index (χ4n) is 0.780. The molecular weight excluding hydrogens is 128 g/mol. The van der Waals surface area contributed by atoms with Crippen LogP contribution in [0.2, 0.25) is 0 Å². The van der Waals surface area contributed by atoms with Crippen molar-refractivity contribution in [3.05, 3.63) is 36.1 Å². The van der Waals surface area contributed by atoms with Crippen LogP contribution >= 0.6 is 0 Å². The Bertz CT molecular complexity index is 240. The van der Waals surface area contributed by atoms with Crippen LogP contribution in [0.4, 0.5) is 0 Å². The van der Waals surface area contributed by atoms with E-state index < -0.39 is 0 Å². The predicted octanol–water partition coefficient (Wildman–Crippen LogP) is 0.698. The van der Waals surface area contributed by atoms with Crippen molar-refractivity contribution < 1.29 is 4.73 Å². The average Bonchev–Trinajstić information content (AvgIpc) is 2.13. The molecule has 1 rings (SSSR count). The first-order valence-electron chi connectivity index (χ1n) is 3.07. The van der Waals surface area contributed by atoms with Gasteiger partial charge in [-0.2, -0.15) is 0 Å². The minimum atomic E-state index is 0.718. The number of hydrogen-bond donors (Lipinski definition) is 0. The Morgan fingerprint density at radius 3 is 2.90 bits per heavy atom. The van der Waals surface area contributed by atoms with Gasteiger partial charge in [-0.3, -0.25) is 0 Å². The molecular formula is C7H10N2O. The van der Waals surface area contributed by atoms with E-state index in [1.807, 2.05) is 6.92 Å². The van der Waals surface area contributed by atoms with E-state index in [4.69, 9.17) is 0 Å². The Morgan fingerprint density at radius 1 is 1.80 bits per heavy atom. The molecule has 3 nitrogen and oxygen atoms in total. The van der Waals surface area contributed by atoms with Crippen LogP contribution in [0.15, 0.2) is 30.9 Å². The smallest absolute Gasteiger partial charge is 0.247 e. The van der Waals surface area contributed by atoms with E-state index >= 15 is 0 Å². The molecule has 1 aromatic heterocycles. The number of aromatic nitrogens is 2. The van der Waals surface area contributed by atoms with Gasteiger partial charge in [0, 0.05) is 0 Å². The van der Waals surface area contributed by atoms with Gasteiger partial charge in [0.2, 0.25) is 6.33 Å². The molecule has 0 spiro atoms. The first kappa shape index (κ1) is 6.86. The standard InChI is InChI=1S/C7H10N2O/c1-7(2)5-8-3-4-9(10)6-8/h3-4,6H,1,5H2,2H3. The van der Waals surface area contributed by atoms with Gasteiger partial charge in [-0.15, -0.1) is 0 Å². The summed E-state index contributed by atoms with van der Waals surface area (Å²) >= 11 is 0. The first-order valence-corrected chi connectivity index (χ1v) is 3.07. The number of rotatable bonds is 2. The van der Waals surface area contributed by atoms with Crippen LogP contribution < -0.4 is 4.73 Å². The fourth-order valence-corrected chi connectivity index (χ4v) is 0.780. The van der Waals surface area contributed by atoms with E-state index in [1.54, 1.807) is 10.8 Å². The van der Waals surface area contributed by atoms with Crippen molar-refractivity contribution in [2.45, 2.75) is 13.5 Å². The summed E-state index contributed by atoms with van der Waals surface area (Å²) in [6.45, 7) is 6.37. The second-order valence-corrected chi connectivity index (χ2v) is 2.40. The number of hydrogen-bond acceptors (Lipinski definition) is 1. The number of imidazole rings is 1. The lowest BCUT2D eigenvalue weighted by molar-refractivity contribution is -0.604. The quantitative estimate of drug-likeness (QED) is 0.336. The third-order valence-corrected chi connectivity index (χ3v) is 1.12. The molecule has 54 valence electrons. The largest absolute Gasteiger partial charge is 0.711 e. The zero-order valence-corrected chi connectivity index (χ0v) is 5.95. The zero-order chi connectivity index (χ0) is 7.56. The Morgan fingerprint density at radius 2 is 2.50 bits per heavy atom. The summed E-state index contributed by atoms with van der Waals surface area (Å²) in [7, 11) is 0. The molecule has 0 aromatic carbocycles. The normalized spacial score (nSPS) is 9.70. The van der Waals surface area contributed by atoms with Gasteiger partial charge in [0.25, 0.3) is 0 Å². The lowest BCUT2D eigenvalue weighted by Gasteiger charge is -1.93. The molecule has 0 aliphatic heterocycles. The van der Waals surface area contributed by atoms with Gasteiger partial charge >= 0.3 is 0 Å². The van der Waals surface area contributed by atoms with E-state index in [-0.39, 0.29) is 0 Å². The van der Waals surface area contributed by atoms with E-state index in [0.29, 0.717) is 0 Å². The Balaban J connectivity index is 2.67. The minimum absolute atomic E-state index is 0.718. The maximum absolute atomic E-state index is 10.5. The molecule has 10 heavy (non-hydrogen) atoms. The van der Waals surface area contributed by atoms with Gasteiger partial charge in [-0.05, 0) is 12.5 Å². The van der Waals surface area contributed by atoms with Gasteiger partial charge in [-0.1, -0.05) is 6.58 Å². The first-order chi connectivity index (χ1) is 4.68. The molecule has 0 radical (unpaired) electrons. The molecule has 0 unspecified atom stereocenters. The lowest BCUT2D eigenvalue weighted by atomic mass is 10.3. The summed E-state index contributed by atoms with van der Waals surface area (Å²) in [5.41, 5.74) is 1.04. The van der Waals surface area contributed by atoms with E-state index in [2.05, 4.69) is 6.58 Å². The summed E-state index contributed by atoms with van der Waals surface area (Å²) in [4.78, 5) is 0. The van der Waals surface area contributed by atoms with Crippen molar-refractivity contribution in [2.24, 2.45) is 0 Å².